The maximum Gasteiger partial charge on any atom is 0.252 e. The molecule has 0 fully saturated rings. The molecule has 0 spiro atoms. The van der Waals surface area contributed by atoms with Crippen LogP contribution in [-0.4, -0.2) is 18.8 Å². The van der Waals surface area contributed by atoms with Gasteiger partial charge in [0, 0.05) is 5.56 Å². The van der Waals surface area contributed by atoms with E-state index in [1.165, 1.54) is 26.2 Å². The van der Waals surface area contributed by atoms with Gasteiger partial charge < -0.3 is 10.5 Å². The lowest BCUT2D eigenvalue weighted by molar-refractivity contribution is -0.119. The summed E-state index contributed by atoms with van der Waals surface area (Å²) in [6, 6.07) is 6.64. The lowest BCUT2D eigenvalue weighted by Crippen LogP contribution is -2.18. The van der Waals surface area contributed by atoms with Crippen LogP contribution >= 0.6 is 0 Å². The minimum Gasteiger partial charge on any atom is -0.496 e. The van der Waals surface area contributed by atoms with Crippen molar-refractivity contribution in [3.63, 3.8) is 0 Å². The van der Waals surface area contributed by atoms with Gasteiger partial charge in [0.1, 0.15) is 5.75 Å². The molecule has 0 atom stereocenters. The van der Waals surface area contributed by atoms with Gasteiger partial charge >= 0.3 is 0 Å². The molecule has 5 heteroatoms. The first-order chi connectivity index (χ1) is 8.49. The number of primary amides is 1. The standard InChI is InChI=1S/C13H12N2O3/c1-8(16)11(13(15)17)6-10-4-3-9(7-14)5-12(10)18-2/h3-6H,1-2H3,(H2,15,17)/b11-6+. The first-order valence-corrected chi connectivity index (χ1v) is 5.10. The second kappa shape index (κ2) is 5.64. The molecule has 0 saturated carbocycles. The summed E-state index contributed by atoms with van der Waals surface area (Å²) in [5, 5.41) is 8.76. The Balaban J connectivity index is 3.33. The fourth-order valence-corrected chi connectivity index (χ4v) is 1.40. The molecule has 92 valence electrons. The van der Waals surface area contributed by atoms with Crippen molar-refractivity contribution in [3.8, 4) is 11.8 Å². The highest BCUT2D eigenvalue weighted by atomic mass is 16.5. The van der Waals surface area contributed by atoms with Crippen LogP contribution in [-0.2, 0) is 9.59 Å². The molecule has 0 bridgehead atoms. The van der Waals surface area contributed by atoms with Crippen molar-refractivity contribution in [2.75, 3.05) is 7.11 Å². The number of hydrogen-bond acceptors (Lipinski definition) is 4. The molecule has 1 aromatic carbocycles. The SMILES string of the molecule is COc1cc(C#N)ccc1/C=C(\C(C)=O)C(N)=O. The van der Waals surface area contributed by atoms with E-state index in [0.717, 1.165) is 0 Å². The summed E-state index contributed by atoms with van der Waals surface area (Å²) in [7, 11) is 1.44. The van der Waals surface area contributed by atoms with Gasteiger partial charge in [-0.3, -0.25) is 9.59 Å². The van der Waals surface area contributed by atoms with Gasteiger partial charge in [0.15, 0.2) is 5.78 Å². The molecule has 18 heavy (non-hydrogen) atoms. The van der Waals surface area contributed by atoms with Crippen LogP contribution < -0.4 is 10.5 Å². The van der Waals surface area contributed by atoms with Crippen LogP contribution in [0.4, 0.5) is 0 Å². The summed E-state index contributed by atoms with van der Waals surface area (Å²) in [4.78, 5) is 22.4. The Hall–Kier alpha value is -2.61. The van der Waals surface area contributed by atoms with Gasteiger partial charge in [0.2, 0.25) is 0 Å². The molecule has 5 nitrogen and oxygen atoms in total. The molecule has 0 saturated heterocycles. The Morgan fingerprint density at radius 3 is 2.56 bits per heavy atom. The van der Waals surface area contributed by atoms with E-state index in [9.17, 15) is 9.59 Å². The molecule has 1 amide bonds. The van der Waals surface area contributed by atoms with Crippen LogP contribution in [0.1, 0.15) is 18.1 Å². The average Bonchev–Trinajstić information content (AvgIpc) is 2.34. The maximum atomic E-state index is 11.3. The molecule has 0 aromatic heterocycles. The van der Waals surface area contributed by atoms with Crippen molar-refractivity contribution < 1.29 is 14.3 Å². The van der Waals surface area contributed by atoms with Crippen molar-refractivity contribution in [2.24, 2.45) is 5.73 Å². The third kappa shape index (κ3) is 2.95. The van der Waals surface area contributed by atoms with Crippen molar-refractivity contribution >= 4 is 17.8 Å². The zero-order valence-corrected chi connectivity index (χ0v) is 10.1. The topological polar surface area (TPSA) is 93.2 Å². The number of nitrogens with two attached hydrogens (primary N) is 1. The number of ketones is 1. The van der Waals surface area contributed by atoms with Crippen LogP contribution in [0, 0.1) is 11.3 Å². The molecule has 1 aromatic rings. The Kier molecular flexibility index (Phi) is 4.22. The fraction of sp³-hybridized carbons (Fsp3) is 0.154. The molecule has 0 aliphatic rings. The van der Waals surface area contributed by atoms with Gasteiger partial charge in [-0.25, -0.2) is 0 Å². The smallest absolute Gasteiger partial charge is 0.252 e. The summed E-state index contributed by atoms with van der Waals surface area (Å²) in [6.45, 7) is 1.26. The van der Waals surface area contributed by atoms with Gasteiger partial charge in [-0.05, 0) is 31.2 Å². The average molecular weight is 244 g/mol. The van der Waals surface area contributed by atoms with Gasteiger partial charge in [0.25, 0.3) is 5.91 Å². The van der Waals surface area contributed by atoms with Crippen LogP contribution in [0.25, 0.3) is 6.08 Å². The second-order valence-electron chi connectivity index (χ2n) is 3.55. The third-order valence-electron chi connectivity index (χ3n) is 2.31. The molecule has 0 unspecified atom stereocenters. The minimum atomic E-state index is -0.797. The summed E-state index contributed by atoms with van der Waals surface area (Å²) < 4.78 is 5.09. The van der Waals surface area contributed by atoms with E-state index in [0.29, 0.717) is 16.9 Å². The number of Topliss-reactive ketones (excluding diaryl/α,β-unsaturated/α-hetero) is 1. The number of benzene rings is 1. The summed E-state index contributed by atoms with van der Waals surface area (Å²) >= 11 is 0. The van der Waals surface area contributed by atoms with Crippen LogP contribution in [0.15, 0.2) is 23.8 Å². The Bertz CT molecular complexity index is 552. The quantitative estimate of drug-likeness (QED) is 0.486. The number of methoxy groups -OCH3 is 1. The normalized spacial score (nSPS) is 10.6. The number of carbonyl (C=O) groups excluding carboxylic acids is 2. The summed E-state index contributed by atoms with van der Waals surface area (Å²) in [5.41, 5.74) is 5.94. The van der Waals surface area contributed by atoms with Crippen molar-refractivity contribution in [3.05, 3.63) is 34.9 Å². The van der Waals surface area contributed by atoms with E-state index in [4.69, 9.17) is 15.7 Å². The largest absolute Gasteiger partial charge is 0.496 e. The zero-order chi connectivity index (χ0) is 13.7. The number of nitriles is 1. The molecule has 0 aliphatic heterocycles. The van der Waals surface area contributed by atoms with Crippen LogP contribution in [0.2, 0.25) is 0 Å². The molecule has 1 rings (SSSR count). The summed E-state index contributed by atoms with van der Waals surface area (Å²) in [5.74, 6) is -0.822. The third-order valence-corrected chi connectivity index (χ3v) is 2.31. The molecular weight excluding hydrogens is 232 g/mol. The molecule has 0 heterocycles. The molecular formula is C13H12N2O3. The maximum absolute atomic E-state index is 11.3. The number of carbonyl (C=O) groups is 2. The number of rotatable bonds is 4. The lowest BCUT2D eigenvalue weighted by Gasteiger charge is -2.06. The van der Waals surface area contributed by atoms with E-state index in [-0.39, 0.29) is 5.57 Å². The lowest BCUT2D eigenvalue weighted by atomic mass is 10.0. The van der Waals surface area contributed by atoms with E-state index < -0.39 is 11.7 Å². The first-order valence-electron chi connectivity index (χ1n) is 5.10. The Morgan fingerprint density at radius 1 is 1.44 bits per heavy atom. The minimum absolute atomic E-state index is 0.113. The van der Waals surface area contributed by atoms with Gasteiger partial charge in [-0.15, -0.1) is 0 Å². The fourth-order valence-electron chi connectivity index (χ4n) is 1.40. The summed E-state index contributed by atoms with van der Waals surface area (Å²) in [6.07, 6.45) is 1.35. The van der Waals surface area contributed by atoms with Crippen molar-refractivity contribution in [1.29, 1.82) is 5.26 Å². The highest BCUT2D eigenvalue weighted by Crippen LogP contribution is 2.22. The van der Waals surface area contributed by atoms with E-state index >= 15 is 0 Å². The number of ether oxygens (including phenoxy) is 1. The Labute approximate surface area is 104 Å². The van der Waals surface area contributed by atoms with Gasteiger partial charge in [-0.2, -0.15) is 5.26 Å². The predicted molar refractivity (Wildman–Crippen MR) is 65.6 cm³/mol. The van der Waals surface area contributed by atoms with E-state index in [2.05, 4.69) is 0 Å². The predicted octanol–water partition coefficient (Wildman–Crippen LogP) is 1.02. The van der Waals surface area contributed by atoms with E-state index in [1.54, 1.807) is 12.1 Å². The highest BCUT2D eigenvalue weighted by molar-refractivity contribution is 6.21. The molecule has 2 N–H and O–H groups in total. The van der Waals surface area contributed by atoms with Crippen molar-refractivity contribution in [2.45, 2.75) is 6.92 Å². The zero-order valence-electron chi connectivity index (χ0n) is 10.1. The monoisotopic (exact) mass is 244 g/mol. The second-order valence-corrected chi connectivity index (χ2v) is 3.55. The van der Waals surface area contributed by atoms with Crippen molar-refractivity contribution in [1.82, 2.24) is 0 Å². The van der Waals surface area contributed by atoms with E-state index in [1.807, 2.05) is 6.07 Å². The number of amides is 1. The van der Waals surface area contributed by atoms with Crippen LogP contribution in [0.5, 0.6) is 5.75 Å². The van der Waals surface area contributed by atoms with Gasteiger partial charge in [0.05, 0.1) is 24.3 Å². The van der Waals surface area contributed by atoms with Gasteiger partial charge in [-0.1, -0.05) is 0 Å². The number of hydrogen-bond donors (Lipinski definition) is 1. The van der Waals surface area contributed by atoms with Crippen LogP contribution in [0.3, 0.4) is 0 Å². The Morgan fingerprint density at radius 2 is 2.11 bits per heavy atom. The number of nitrogens with zero attached hydrogens (tertiary/aromatic N) is 1. The first kappa shape index (κ1) is 13.5. The highest BCUT2D eigenvalue weighted by Gasteiger charge is 2.12. The molecule has 0 radical (unpaired) electrons. The molecule has 0 aliphatic carbocycles.